The van der Waals surface area contributed by atoms with Crippen LogP contribution >= 0.6 is 0 Å². The van der Waals surface area contributed by atoms with Gasteiger partial charge in [0.25, 0.3) is 0 Å². The molecule has 18 heavy (non-hydrogen) atoms. The Morgan fingerprint density at radius 3 is 2.83 bits per heavy atom. The van der Waals surface area contributed by atoms with E-state index in [2.05, 4.69) is 6.92 Å². The van der Waals surface area contributed by atoms with Crippen molar-refractivity contribution in [2.24, 2.45) is 11.7 Å². The molecule has 1 aliphatic rings. The molecule has 1 saturated carbocycles. The van der Waals surface area contributed by atoms with Gasteiger partial charge in [-0.15, -0.1) is 0 Å². The number of ether oxygens (including phenoxy) is 1. The second kappa shape index (κ2) is 5.70. The van der Waals surface area contributed by atoms with Crippen LogP contribution in [0.25, 0.3) is 0 Å². The molecule has 1 aliphatic carbocycles. The van der Waals surface area contributed by atoms with Crippen LogP contribution in [0.2, 0.25) is 0 Å². The van der Waals surface area contributed by atoms with Gasteiger partial charge in [-0.05, 0) is 50.3 Å². The van der Waals surface area contributed by atoms with Crippen molar-refractivity contribution in [3.8, 4) is 5.75 Å². The minimum absolute atomic E-state index is 0.211. The van der Waals surface area contributed by atoms with E-state index in [1.165, 1.54) is 25.0 Å². The molecule has 1 aromatic carbocycles. The number of hydrogen-bond acceptors (Lipinski definition) is 2. The van der Waals surface area contributed by atoms with Crippen LogP contribution in [0.15, 0.2) is 18.2 Å². The summed E-state index contributed by atoms with van der Waals surface area (Å²) in [6.45, 7) is 4.11. The Labute approximate surface area is 108 Å². The highest BCUT2D eigenvalue weighted by Gasteiger charge is 2.21. The Morgan fingerprint density at radius 1 is 1.39 bits per heavy atom. The zero-order chi connectivity index (χ0) is 13.1. The zero-order valence-corrected chi connectivity index (χ0v) is 11.2. The molecule has 2 nitrogen and oxygen atoms in total. The summed E-state index contributed by atoms with van der Waals surface area (Å²) in [5.74, 6) is 1.19. The largest absolute Gasteiger partial charge is 0.490 e. The standard InChI is InChI=1S/C15H22FNO/c1-10-4-3-5-13(8-10)18-15-7-6-12(16)9-14(15)11(2)17/h6-7,9-11,13H,3-5,8,17H2,1-2H3. The molecule has 3 unspecified atom stereocenters. The van der Waals surface area contributed by atoms with Gasteiger partial charge in [-0.2, -0.15) is 0 Å². The van der Waals surface area contributed by atoms with Crippen LogP contribution in [0.1, 0.15) is 51.1 Å². The summed E-state index contributed by atoms with van der Waals surface area (Å²) in [4.78, 5) is 0. The minimum atomic E-state index is -0.258. The fraction of sp³-hybridized carbons (Fsp3) is 0.600. The van der Waals surface area contributed by atoms with E-state index in [0.29, 0.717) is 5.92 Å². The van der Waals surface area contributed by atoms with Gasteiger partial charge in [-0.1, -0.05) is 13.3 Å². The quantitative estimate of drug-likeness (QED) is 0.886. The van der Waals surface area contributed by atoms with Crippen molar-refractivity contribution >= 4 is 0 Å². The van der Waals surface area contributed by atoms with E-state index in [1.807, 2.05) is 6.92 Å². The lowest BCUT2D eigenvalue weighted by Gasteiger charge is -2.28. The number of nitrogens with two attached hydrogens (primary N) is 1. The van der Waals surface area contributed by atoms with Crippen molar-refractivity contribution in [1.29, 1.82) is 0 Å². The Morgan fingerprint density at radius 2 is 2.17 bits per heavy atom. The first kappa shape index (κ1) is 13.3. The monoisotopic (exact) mass is 251 g/mol. The first-order valence-corrected chi connectivity index (χ1v) is 6.78. The predicted molar refractivity (Wildman–Crippen MR) is 71.1 cm³/mol. The molecule has 0 saturated heterocycles. The van der Waals surface area contributed by atoms with Crippen molar-refractivity contribution in [2.45, 2.75) is 51.7 Å². The van der Waals surface area contributed by atoms with E-state index in [4.69, 9.17) is 10.5 Å². The SMILES string of the molecule is CC1CCCC(Oc2ccc(F)cc2C(C)N)C1. The maximum absolute atomic E-state index is 13.2. The van der Waals surface area contributed by atoms with Crippen LogP contribution in [0, 0.1) is 11.7 Å². The molecule has 0 heterocycles. The van der Waals surface area contributed by atoms with E-state index >= 15 is 0 Å². The predicted octanol–water partition coefficient (Wildman–Crippen LogP) is 3.80. The van der Waals surface area contributed by atoms with E-state index in [0.717, 1.165) is 24.2 Å². The smallest absolute Gasteiger partial charge is 0.124 e. The summed E-state index contributed by atoms with van der Waals surface area (Å²) in [6, 6.07) is 4.41. The molecule has 0 aliphatic heterocycles. The Bertz CT molecular complexity index is 405. The lowest BCUT2D eigenvalue weighted by molar-refractivity contribution is 0.127. The molecule has 0 spiro atoms. The van der Waals surface area contributed by atoms with Gasteiger partial charge in [0.1, 0.15) is 11.6 Å². The number of benzene rings is 1. The Balaban J connectivity index is 2.12. The van der Waals surface area contributed by atoms with Crippen LogP contribution in [-0.4, -0.2) is 6.10 Å². The van der Waals surface area contributed by atoms with Crippen molar-refractivity contribution in [1.82, 2.24) is 0 Å². The van der Waals surface area contributed by atoms with Crippen molar-refractivity contribution in [3.63, 3.8) is 0 Å². The third-order valence-electron chi connectivity index (χ3n) is 3.64. The fourth-order valence-corrected chi connectivity index (χ4v) is 2.65. The summed E-state index contributed by atoms with van der Waals surface area (Å²) in [6.07, 6.45) is 4.90. The molecular formula is C15H22FNO. The lowest BCUT2D eigenvalue weighted by Crippen LogP contribution is -2.25. The second-order valence-corrected chi connectivity index (χ2v) is 5.48. The van der Waals surface area contributed by atoms with E-state index < -0.39 is 0 Å². The molecular weight excluding hydrogens is 229 g/mol. The van der Waals surface area contributed by atoms with Crippen molar-refractivity contribution < 1.29 is 9.13 Å². The highest BCUT2D eigenvalue weighted by molar-refractivity contribution is 5.36. The molecule has 100 valence electrons. The Kier molecular flexibility index (Phi) is 4.23. The van der Waals surface area contributed by atoms with Crippen molar-refractivity contribution in [2.75, 3.05) is 0 Å². The molecule has 1 aromatic rings. The maximum Gasteiger partial charge on any atom is 0.124 e. The van der Waals surface area contributed by atoms with Gasteiger partial charge < -0.3 is 10.5 Å². The first-order chi connectivity index (χ1) is 8.56. The number of halogens is 1. The van der Waals surface area contributed by atoms with E-state index in [-0.39, 0.29) is 18.0 Å². The van der Waals surface area contributed by atoms with Crippen molar-refractivity contribution in [3.05, 3.63) is 29.6 Å². The highest BCUT2D eigenvalue weighted by Crippen LogP contribution is 2.31. The second-order valence-electron chi connectivity index (χ2n) is 5.48. The third-order valence-corrected chi connectivity index (χ3v) is 3.64. The molecule has 2 rings (SSSR count). The third kappa shape index (κ3) is 3.22. The van der Waals surface area contributed by atoms with Crippen LogP contribution in [-0.2, 0) is 0 Å². The summed E-state index contributed by atoms with van der Waals surface area (Å²) in [5, 5.41) is 0. The highest BCUT2D eigenvalue weighted by atomic mass is 19.1. The number of hydrogen-bond donors (Lipinski definition) is 1. The van der Waals surface area contributed by atoms with Gasteiger partial charge in [0, 0.05) is 11.6 Å². The first-order valence-electron chi connectivity index (χ1n) is 6.78. The topological polar surface area (TPSA) is 35.2 Å². The van der Waals surface area contributed by atoms with Crippen LogP contribution in [0.5, 0.6) is 5.75 Å². The average Bonchev–Trinajstić information content (AvgIpc) is 2.31. The average molecular weight is 251 g/mol. The van der Waals surface area contributed by atoms with Gasteiger partial charge >= 0.3 is 0 Å². The molecule has 2 N–H and O–H groups in total. The normalized spacial score (nSPS) is 25.8. The summed E-state index contributed by atoms with van der Waals surface area (Å²) in [5.41, 5.74) is 6.63. The molecule has 3 atom stereocenters. The molecule has 0 radical (unpaired) electrons. The molecule has 1 fully saturated rings. The van der Waals surface area contributed by atoms with Gasteiger partial charge in [0.2, 0.25) is 0 Å². The van der Waals surface area contributed by atoms with Gasteiger partial charge in [-0.3, -0.25) is 0 Å². The number of rotatable bonds is 3. The van der Waals surface area contributed by atoms with E-state index in [1.54, 1.807) is 6.07 Å². The maximum atomic E-state index is 13.2. The summed E-state index contributed by atoms with van der Waals surface area (Å²) < 4.78 is 19.3. The Hall–Kier alpha value is -1.09. The molecule has 3 heteroatoms. The summed E-state index contributed by atoms with van der Waals surface area (Å²) in [7, 11) is 0. The summed E-state index contributed by atoms with van der Waals surface area (Å²) >= 11 is 0. The lowest BCUT2D eigenvalue weighted by atomic mass is 9.88. The minimum Gasteiger partial charge on any atom is -0.490 e. The molecule has 0 bridgehead atoms. The van der Waals surface area contributed by atoms with Gasteiger partial charge in [0.15, 0.2) is 0 Å². The van der Waals surface area contributed by atoms with Crippen LogP contribution in [0.3, 0.4) is 0 Å². The van der Waals surface area contributed by atoms with Gasteiger partial charge in [0.05, 0.1) is 6.10 Å². The molecule has 0 amide bonds. The fourth-order valence-electron chi connectivity index (χ4n) is 2.65. The van der Waals surface area contributed by atoms with Crippen LogP contribution < -0.4 is 10.5 Å². The zero-order valence-electron chi connectivity index (χ0n) is 11.2. The van der Waals surface area contributed by atoms with E-state index in [9.17, 15) is 4.39 Å². The molecule has 0 aromatic heterocycles. The van der Waals surface area contributed by atoms with Crippen LogP contribution in [0.4, 0.5) is 4.39 Å². The van der Waals surface area contributed by atoms with Gasteiger partial charge in [-0.25, -0.2) is 4.39 Å².